The van der Waals surface area contributed by atoms with Crippen molar-refractivity contribution in [3.8, 4) is 0 Å². The van der Waals surface area contributed by atoms with Crippen LogP contribution in [0.15, 0.2) is 48.5 Å². The van der Waals surface area contributed by atoms with Gasteiger partial charge in [-0.1, -0.05) is 24.3 Å². The predicted molar refractivity (Wildman–Crippen MR) is 80.1 cm³/mol. The minimum absolute atomic E-state index is 0.304. The molecule has 5 heteroatoms. The summed E-state index contributed by atoms with van der Waals surface area (Å²) in [7, 11) is 1.30. The van der Waals surface area contributed by atoms with Gasteiger partial charge in [-0.2, -0.15) is 0 Å². The van der Waals surface area contributed by atoms with Crippen LogP contribution in [0.5, 0.6) is 0 Å². The van der Waals surface area contributed by atoms with E-state index < -0.39 is 5.97 Å². The van der Waals surface area contributed by atoms with Crippen LogP contribution in [-0.4, -0.2) is 19.0 Å². The number of benzene rings is 2. The van der Waals surface area contributed by atoms with Crippen LogP contribution in [0.3, 0.4) is 0 Å². The van der Waals surface area contributed by atoms with Crippen LogP contribution in [0.2, 0.25) is 0 Å². The quantitative estimate of drug-likeness (QED) is 0.843. The molecule has 0 saturated carbocycles. The fourth-order valence-corrected chi connectivity index (χ4v) is 1.91. The third-order valence-corrected chi connectivity index (χ3v) is 3.01. The first kappa shape index (κ1) is 14.7. The summed E-state index contributed by atoms with van der Waals surface area (Å²) in [5.74, 6) is -0.803. The summed E-state index contributed by atoms with van der Waals surface area (Å²) in [6, 6.07) is 13.7. The number of anilines is 1. The predicted octanol–water partition coefficient (Wildman–Crippen LogP) is 2.18. The highest BCUT2D eigenvalue weighted by molar-refractivity contribution is 6.08. The lowest BCUT2D eigenvalue weighted by Crippen LogP contribution is -2.15. The van der Waals surface area contributed by atoms with Crippen LogP contribution < -0.4 is 11.1 Å². The lowest BCUT2D eigenvalue weighted by molar-refractivity contribution is 0.0602. The van der Waals surface area contributed by atoms with Crippen molar-refractivity contribution < 1.29 is 14.3 Å². The van der Waals surface area contributed by atoms with E-state index in [4.69, 9.17) is 10.5 Å². The molecule has 1 amide bonds. The van der Waals surface area contributed by atoms with Gasteiger partial charge in [0.1, 0.15) is 0 Å². The number of carbonyl (C=O) groups is 2. The minimum atomic E-state index is -0.499. The average molecular weight is 284 g/mol. The first-order valence-corrected chi connectivity index (χ1v) is 6.43. The Kier molecular flexibility index (Phi) is 4.68. The van der Waals surface area contributed by atoms with Crippen LogP contribution in [0.4, 0.5) is 5.69 Å². The molecule has 0 unspecified atom stereocenters. The van der Waals surface area contributed by atoms with E-state index in [1.807, 2.05) is 6.07 Å². The molecule has 2 rings (SSSR count). The maximum absolute atomic E-state index is 12.2. The molecular formula is C16H16N2O3. The Morgan fingerprint density at radius 1 is 1.14 bits per heavy atom. The van der Waals surface area contributed by atoms with Gasteiger partial charge in [-0.05, 0) is 29.8 Å². The molecule has 108 valence electrons. The summed E-state index contributed by atoms with van der Waals surface area (Å²) < 4.78 is 4.69. The van der Waals surface area contributed by atoms with Crippen molar-refractivity contribution in [3.05, 3.63) is 65.2 Å². The number of nitrogens with two attached hydrogens (primary N) is 1. The fourth-order valence-electron chi connectivity index (χ4n) is 1.91. The molecule has 21 heavy (non-hydrogen) atoms. The first-order chi connectivity index (χ1) is 10.2. The number of hydrogen-bond donors (Lipinski definition) is 2. The molecule has 5 nitrogen and oxygen atoms in total. The number of carbonyl (C=O) groups excluding carboxylic acids is 2. The first-order valence-electron chi connectivity index (χ1n) is 6.43. The molecule has 0 spiro atoms. The molecular weight excluding hydrogens is 268 g/mol. The second-order valence-corrected chi connectivity index (χ2v) is 4.40. The van der Waals surface area contributed by atoms with Gasteiger partial charge < -0.3 is 15.8 Å². The molecule has 0 radical (unpaired) electrons. The molecule has 3 N–H and O–H groups in total. The number of ether oxygens (including phenoxy) is 1. The molecule has 2 aromatic rings. The van der Waals surface area contributed by atoms with Crippen LogP contribution in [-0.2, 0) is 11.3 Å². The Labute approximate surface area is 122 Å². The topological polar surface area (TPSA) is 81.4 Å². The Bertz CT molecular complexity index is 668. The van der Waals surface area contributed by atoms with E-state index in [0.29, 0.717) is 23.4 Å². The van der Waals surface area contributed by atoms with E-state index in [2.05, 4.69) is 5.32 Å². The zero-order valence-corrected chi connectivity index (χ0v) is 11.6. The van der Waals surface area contributed by atoms with Gasteiger partial charge in [-0.3, -0.25) is 4.79 Å². The number of esters is 1. The van der Waals surface area contributed by atoms with Crippen molar-refractivity contribution in [3.63, 3.8) is 0 Å². The van der Waals surface area contributed by atoms with E-state index in [9.17, 15) is 9.59 Å². The number of para-hydroxylation sites is 1. The number of amides is 1. The average Bonchev–Trinajstić information content (AvgIpc) is 2.54. The molecule has 2 aromatic carbocycles. The summed E-state index contributed by atoms with van der Waals surface area (Å²) >= 11 is 0. The summed E-state index contributed by atoms with van der Waals surface area (Å²) in [5.41, 5.74) is 7.63. The number of methoxy groups -OCH3 is 1. The van der Waals surface area contributed by atoms with E-state index in [1.165, 1.54) is 7.11 Å². The molecule has 0 heterocycles. The summed E-state index contributed by atoms with van der Waals surface area (Å²) in [6.45, 7) is 0.361. The van der Waals surface area contributed by atoms with E-state index in [0.717, 1.165) is 5.56 Å². The second kappa shape index (κ2) is 6.67. The largest absolute Gasteiger partial charge is 0.465 e. The highest BCUT2D eigenvalue weighted by Crippen LogP contribution is 2.17. The summed E-state index contributed by atoms with van der Waals surface area (Å²) in [4.78, 5) is 23.9. The lowest BCUT2D eigenvalue weighted by atomic mass is 10.1. The van der Waals surface area contributed by atoms with Gasteiger partial charge in [0.25, 0.3) is 5.91 Å². The highest BCUT2D eigenvalue weighted by atomic mass is 16.5. The summed E-state index contributed by atoms with van der Waals surface area (Å²) in [6.07, 6.45) is 0. The van der Waals surface area contributed by atoms with E-state index in [1.54, 1.807) is 42.5 Å². The third kappa shape index (κ3) is 3.46. The maximum atomic E-state index is 12.2. The van der Waals surface area contributed by atoms with Gasteiger partial charge in [-0.25, -0.2) is 4.79 Å². The molecule has 0 fully saturated rings. The Hall–Kier alpha value is -2.66. The minimum Gasteiger partial charge on any atom is -0.465 e. The Morgan fingerprint density at radius 2 is 1.90 bits per heavy atom. The molecule has 0 saturated heterocycles. The molecule has 0 bridgehead atoms. The lowest BCUT2D eigenvalue weighted by Gasteiger charge is -2.10. The molecule has 0 aliphatic heterocycles. The molecule has 0 aliphatic rings. The maximum Gasteiger partial charge on any atom is 0.339 e. The number of rotatable bonds is 4. The van der Waals surface area contributed by atoms with Crippen LogP contribution in [0, 0.1) is 0 Å². The van der Waals surface area contributed by atoms with Crippen molar-refractivity contribution in [1.29, 1.82) is 0 Å². The van der Waals surface area contributed by atoms with Gasteiger partial charge in [-0.15, -0.1) is 0 Å². The zero-order valence-electron chi connectivity index (χ0n) is 11.6. The van der Waals surface area contributed by atoms with Gasteiger partial charge in [0, 0.05) is 12.1 Å². The van der Waals surface area contributed by atoms with Gasteiger partial charge in [0.15, 0.2) is 0 Å². The Morgan fingerprint density at radius 3 is 2.62 bits per heavy atom. The second-order valence-electron chi connectivity index (χ2n) is 4.40. The van der Waals surface area contributed by atoms with Crippen molar-refractivity contribution in [2.24, 2.45) is 5.73 Å². The third-order valence-electron chi connectivity index (χ3n) is 3.01. The normalized spacial score (nSPS) is 10.0. The van der Waals surface area contributed by atoms with Crippen molar-refractivity contribution in [2.75, 3.05) is 12.4 Å². The molecule has 0 aliphatic carbocycles. The monoisotopic (exact) mass is 284 g/mol. The van der Waals surface area contributed by atoms with Crippen molar-refractivity contribution in [2.45, 2.75) is 6.54 Å². The van der Waals surface area contributed by atoms with Gasteiger partial charge in [0.2, 0.25) is 0 Å². The fraction of sp³-hybridized carbons (Fsp3) is 0.125. The Balaban J connectivity index is 2.25. The van der Waals surface area contributed by atoms with Gasteiger partial charge >= 0.3 is 5.97 Å². The summed E-state index contributed by atoms with van der Waals surface area (Å²) in [5, 5.41) is 2.71. The van der Waals surface area contributed by atoms with Crippen LogP contribution in [0.25, 0.3) is 0 Å². The zero-order chi connectivity index (χ0) is 15.2. The number of hydrogen-bond acceptors (Lipinski definition) is 4. The van der Waals surface area contributed by atoms with E-state index in [-0.39, 0.29) is 5.91 Å². The van der Waals surface area contributed by atoms with Crippen molar-refractivity contribution >= 4 is 17.6 Å². The van der Waals surface area contributed by atoms with E-state index >= 15 is 0 Å². The smallest absolute Gasteiger partial charge is 0.339 e. The van der Waals surface area contributed by atoms with Crippen molar-refractivity contribution in [1.82, 2.24) is 0 Å². The SMILES string of the molecule is COC(=O)c1ccccc1NC(=O)c1cccc(CN)c1. The van der Waals surface area contributed by atoms with Crippen LogP contribution >= 0.6 is 0 Å². The highest BCUT2D eigenvalue weighted by Gasteiger charge is 2.14. The standard InChI is InChI=1S/C16H16N2O3/c1-21-16(20)13-7-2-3-8-14(13)18-15(19)12-6-4-5-11(9-12)10-17/h2-9H,10,17H2,1H3,(H,18,19). The van der Waals surface area contributed by atoms with Crippen LogP contribution in [0.1, 0.15) is 26.3 Å². The molecule has 0 aromatic heterocycles. The molecule has 0 atom stereocenters. The van der Waals surface area contributed by atoms with Gasteiger partial charge in [0.05, 0.1) is 18.4 Å². The number of nitrogens with one attached hydrogen (secondary N) is 1.